The molecule has 6 nitrogen and oxygen atoms in total. The lowest BCUT2D eigenvalue weighted by Gasteiger charge is -2.15. The summed E-state index contributed by atoms with van der Waals surface area (Å²) in [6.07, 6.45) is 4.32. The Morgan fingerprint density at radius 1 is 1.19 bits per heavy atom. The first kappa shape index (κ1) is 19.0. The number of nitrogens with one attached hydrogen (secondary N) is 2. The quantitative estimate of drug-likeness (QED) is 0.819. The van der Waals surface area contributed by atoms with Crippen LogP contribution in [0.3, 0.4) is 0 Å². The number of sulfone groups is 1. The van der Waals surface area contributed by atoms with E-state index in [2.05, 4.69) is 10.3 Å². The number of pyridine rings is 1. The molecule has 1 aromatic carbocycles. The fraction of sp³-hybridized carbons (Fsp3) is 0.263. The predicted molar refractivity (Wildman–Crippen MR) is 98.9 cm³/mol. The summed E-state index contributed by atoms with van der Waals surface area (Å²) >= 11 is 0. The van der Waals surface area contributed by atoms with Gasteiger partial charge in [-0.2, -0.15) is 4.39 Å². The number of amides is 1. The van der Waals surface area contributed by atoms with E-state index >= 15 is 0 Å². The highest BCUT2D eigenvalue weighted by Crippen LogP contribution is 2.20. The Kier molecular flexibility index (Phi) is 5.55. The third kappa shape index (κ3) is 4.16. The number of rotatable bonds is 5. The minimum absolute atomic E-state index is 0.0598. The van der Waals surface area contributed by atoms with E-state index in [9.17, 15) is 22.4 Å². The summed E-state index contributed by atoms with van der Waals surface area (Å²) in [5, 5.41) is 1.01. The highest BCUT2D eigenvalue weighted by atomic mass is 32.2. The maximum absolute atomic E-state index is 14.1. The molecule has 27 heavy (non-hydrogen) atoms. The molecule has 0 atom stereocenters. The number of aryl methyl sites for hydroxylation is 2. The van der Waals surface area contributed by atoms with Crippen molar-refractivity contribution < 1.29 is 17.6 Å². The fourth-order valence-corrected chi connectivity index (χ4v) is 4.03. The van der Waals surface area contributed by atoms with Gasteiger partial charge in [0.15, 0.2) is 0 Å². The third-order valence-corrected chi connectivity index (χ3v) is 5.99. The fourth-order valence-electron chi connectivity index (χ4n) is 2.98. The zero-order valence-corrected chi connectivity index (χ0v) is 15.3. The van der Waals surface area contributed by atoms with Gasteiger partial charge < -0.3 is 10.3 Å². The van der Waals surface area contributed by atoms with Gasteiger partial charge in [0.25, 0.3) is 11.5 Å². The van der Waals surface area contributed by atoms with Crippen molar-refractivity contribution >= 4 is 15.7 Å². The first-order chi connectivity index (χ1) is 12.9. The Bertz CT molecular complexity index is 1040. The molecule has 0 aliphatic heterocycles. The number of aromatic nitrogens is 1. The molecule has 1 heterocycles. The minimum atomic E-state index is -4.25. The van der Waals surface area contributed by atoms with E-state index in [-0.39, 0.29) is 17.0 Å². The van der Waals surface area contributed by atoms with Crippen LogP contribution < -0.4 is 10.9 Å². The second-order valence-electron chi connectivity index (χ2n) is 6.26. The van der Waals surface area contributed by atoms with E-state index in [0.29, 0.717) is 0 Å². The lowest BCUT2D eigenvalue weighted by atomic mass is 9.95. The molecule has 0 radical (unpaired) electrons. The van der Waals surface area contributed by atoms with Gasteiger partial charge in [-0.15, -0.1) is 0 Å². The zero-order valence-electron chi connectivity index (χ0n) is 14.5. The Balaban J connectivity index is 1.71. The molecule has 2 N–H and O–H groups in total. The molecular weight excluding hydrogens is 371 g/mol. The van der Waals surface area contributed by atoms with Crippen LogP contribution in [-0.4, -0.2) is 25.9 Å². The van der Waals surface area contributed by atoms with Crippen LogP contribution in [0.2, 0.25) is 0 Å². The molecule has 0 unspecified atom stereocenters. The summed E-state index contributed by atoms with van der Waals surface area (Å²) in [5.41, 5.74) is 1.21. The van der Waals surface area contributed by atoms with Crippen LogP contribution in [-0.2, 0) is 22.7 Å². The summed E-state index contributed by atoms with van der Waals surface area (Å²) in [6, 6.07) is 8.73. The number of H-pyrrole nitrogens is 1. The Morgan fingerprint density at radius 2 is 1.89 bits per heavy atom. The second kappa shape index (κ2) is 7.87. The third-order valence-electron chi connectivity index (χ3n) is 4.42. The van der Waals surface area contributed by atoms with Gasteiger partial charge in [-0.1, -0.05) is 18.2 Å². The van der Waals surface area contributed by atoms with Crippen LogP contribution in [0.15, 0.2) is 57.3 Å². The molecule has 0 saturated heterocycles. The van der Waals surface area contributed by atoms with E-state index in [1.54, 1.807) is 12.1 Å². The highest BCUT2D eigenvalue weighted by Gasteiger charge is 2.21. The van der Waals surface area contributed by atoms with Gasteiger partial charge in [0.05, 0.1) is 4.90 Å². The molecule has 1 amide bonds. The van der Waals surface area contributed by atoms with Crippen molar-refractivity contribution in [3.05, 3.63) is 74.8 Å². The monoisotopic (exact) mass is 390 g/mol. The summed E-state index contributed by atoms with van der Waals surface area (Å²) in [5.74, 6) is -0.675. The number of fused-ring (bicyclic) bond motifs is 1. The van der Waals surface area contributed by atoms with Crippen molar-refractivity contribution in [3.8, 4) is 0 Å². The maximum atomic E-state index is 14.1. The molecule has 0 bridgehead atoms. The minimum Gasteiger partial charge on any atom is -0.348 e. The SMILES string of the molecule is O=C(NC/C=C(\F)S(=O)(=O)c1ccccc1)c1cc2c([nH]c1=O)CCCC2. The topological polar surface area (TPSA) is 96.1 Å². The first-order valence-electron chi connectivity index (χ1n) is 8.58. The Labute approximate surface area is 156 Å². The van der Waals surface area contributed by atoms with E-state index in [1.165, 1.54) is 24.3 Å². The molecule has 3 rings (SSSR count). The lowest BCUT2D eigenvalue weighted by Crippen LogP contribution is -2.31. The first-order valence-corrected chi connectivity index (χ1v) is 10.1. The highest BCUT2D eigenvalue weighted by molar-refractivity contribution is 7.95. The zero-order chi connectivity index (χ0) is 19.4. The van der Waals surface area contributed by atoms with Crippen molar-refractivity contribution in [2.24, 2.45) is 0 Å². The maximum Gasteiger partial charge on any atom is 0.261 e. The van der Waals surface area contributed by atoms with Crippen molar-refractivity contribution in [1.29, 1.82) is 0 Å². The average molecular weight is 390 g/mol. The predicted octanol–water partition coefficient (Wildman–Crippen LogP) is 2.27. The van der Waals surface area contributed by atoms with Crippen molar-refractivity contribution in [3.63, 3.8) is 0 Å². The van der Waals surface area contributed by atoms with Gasteiger partial charge in [0, 0.05) is 12.2 Å². The summed E-state index contributed by atoms with van der Waals surface area (Å²) in [7, 11) is -4.25. The number of benzene rings is 1. The average Bonchev–Trinajstić information content (AvgIpc) is 2.67. The van der Waals surface area contributed by atoms with E-state index < -0.39 is 26.5 Å². The number of aromatic amines is 1. The molecule has 2 aromatic rings. The van der Waals surface area contributed by atoms with Crippen LogP contribution in [0.4, 0.5) is 4.39 Å². The molecular formula is C19H19FN2O4S. The molecule has 0 spiro atoms. The van der Waals surface area contributed by atoms with Gasteiger partial charge in [0.2, 0.25) is 15.0 Å². The smallest absolute Gasteiger partial charge is 0.261 e. The molecule has 8 heteroatoms. The van der Waals surface area contributed by atoms with Crippen LogP contribution >= 0.6 is 0 Å². The number of halogens is 1. The van der Waals surface area contributed by atoms with Crippen LogP contribution in [0, 0.1) is 0 Å². The van der Waals surface area contributed by atoms with Crippen LogP contribution in [0.5, 0.6) is 0 Å². The van der Waals surface area contributed by atoms with Crippen molar-refractivity contribution in [1.82, 2.24) is 10.3 Å². The molecule has 0 saturated carbocycles. The molecule has 142 valence electrons. The molecule has 1 aliphatic carbocycles. The van der Waals surface area contributed by atoms with Gasteiger partial charge >= 0.3 is 0 Å². The lowest BCUT2D eigenvalue weighted by molar-refractivity contribution is 0.0956. The second-order valence-corrected chi connectivity index (χ2v) is 8.13. The van der Waals surface area contributed by atoms with Crippen molar-refractivity contribution in [2.75, 3.05) is 6.54 Å². The number of hydrogen-bond donors (Lipinski definition) is 2. The van der Waals surface area contributed by atoms with Crippen LogP contribution in [0.1, 0.15) is 34.5 Å². The summed E-state index contributed by atoms with van der Waals surface area (Å²) < 4.78 is 38.2. The van der Waals surface area contributed by atoms with Gasteiger partial charge in [-0.05, 0) is 55.5 Å². The largest absolute Gasteiger partial charge is 0.348 e. The normalized spacial score (nSPS) is 14.5. The Hall–Kier alpha value is -2.74. The number of carbonyl (C=O) groups is 1. The summed E-state index contributed by atoms with van der Waals surface area (Å²) in [4.78, 5) is 26.8. The molecule has 0 fully saturated rings. The molecule has 1 aliphatic rings. The van der Waals surface area contributed by atoms with Gasteiger partial charge in [0.1, 0.15) is 5.56 Å². The van der Waals surface area contributed by atoms with E-state index in [1.807, 2.05) is 0 Å². The van der Waals surface area contributed by atoms with E-state index in [4.69, 9.17) is 0 Å². The molecule has 1 aromatic heterocycles. The van der Waals surface area contributed by atoms with Gasteiger partial charge in [-0.3, -0.25) is 9.59 Å². The summed E-state index contributed by atoms with van der Waals surface area (Å²) in [6.45, 7) is -0.354. The Morgan fingerprint density at radius 3 is 2.63 bits per heavy atom. The van der Waals surface area contributed by atoms with Gasteiger partial charge in [-0.25, -0.2) is 8.42 Å². The van der Waals surface area contributed by atoms with Crippen molar-refractivity contribution in [2.45, 2.75) is 30.6 Å². The number of carbonyl (C=O) groups excluding carboxylic acids is 1. The van der Waals surface area contributed by atoms with Crippen LogP contribution in [0.25, 0.3) is 0 Å². The standard InChI is InChI=1S/C19H19FN2O4S/c20-17(27(25,26)14-7-2-1-3-8-14)10-11-21-18(23)15-12-13-6-4-5-9-16(13)22-19(15)24/h1-3,7-8,10,12H,4-6,9,11H2,(H,21,23)(H,22,24)/b17-10+. The number of hydrogen-bond acceptors (Lipinski definition) is 4. The van der Waals surface area contributed by atoms with E-state index in [0.717, 1.165) is 43.0 Å².